The number of carbonyl (C=O) groups is 2. The van der Waals surface area contributed by atoms with E-state index < -0.39 is 30.6 Å². The largest absolute Gasteiger partial charge is 0.406 e. The van der Waals surface area contributed by atoms with Gasteiger partial charge >= 0.3 is 6.18 Å². The molecule has 3 rings (SSSR count). The van der Waals surface area contributed by atoms with Crippen molar-refractivity contribution in [2.75, 3.05) is 19.6 Å². The van der Waals surface area contributed by atoms with Gasteiger partial charge in [-0.2, -0.15) is 13.2 Å². The minimum atomic E-state index is -4.67. The van der Waals surface area contributed by atoms with Gasteiger partial charge in [-0.15, -0.1) is 0 Å². The zero-order valence-corrected chi connectivity index (χ0v) is 18.6. The molecule has 0 radical (unpaired) electrons. The van der Waals surface area contributed by atoms with Crippen molar-refractivity contribution in [3.8, 4) is 0 Å². The fourth-order valence-corrected chi connectivity index (χ4v) is 3.67. The Hall–Kier alpha value is -3.62. The minimum Gasteiger partial charge on any atom is -0.374 e. The van der Waals surface area contributed by atoms with Gasteiger partial charge in [-0.05, 0) is 42.0 Å². The predicted octanol–water partition coefficient (Wildman–Crippen LogP) is 4.00. The molecule has 1 unspecified atom stereocenters. The number of nitrogens with one attached hydrogen (secondary N) is 1. The first-order valence-corrected chi connectivity index (χ1v) is 11.0. The van der Waals surface area contributed by atoms with Crippen molar-refractivity contribution in [2.45, 2.75) is 31.6 Å². The number of benzene rings is 1. The Kier molecular flexibility index (Phi) is 8.84. The molecule has 0 aliphatic carbocycles. The molecular formula is C25H27F3N4O2. The number of nitrogens with zero attached hydrogens (tertiary/aromatic N) is 3. The van der Waals surface area contributed by atoms with E-state index in [1.807, 2.05) is 35.4 Å². The van der Waals surface area contributed by atoms with Gasteiger partial charge < -0.3 is 15.1 Å². The van der Waals surface area contributed by atoms with Crippen LogP contribution in [0.3, 0.4) is 0 Å². The van der Waals surface area contributed by atoms with Crippen LogP contribution in [-0.4, -0.2) is 52.4 Å². The summed E-state index contributed by atoms with van der Waals surface area (Å²) >= 11 is 0. The van der Waals surface area contributed by atoms with E-state index in [1.54, 1.807) is 24.3 Å². The standard InChI is InChI=1S/C25H27F3N4O2/c26-25(27,28)19-32(22(33)10-7-17-31-15-5-2-6-16-31)23(21-11-13-29-14-12-21)24(34)30-18-20-8-3-1-4-9-20/h1-6,8-9,11-15,23H,7,10,16-19H2,(H,30,34). The Bertz CT molecular complexity index is 994. The number of allylic oxidation sites excluding steroid dienone is 2. The third-order valence-corrected chi connectivity index (χ3v) is 5.28. The monoisotopic (exact) mass is 472 g/mol. The van der Waals surface area contributed by atoms with Crippen LogP contribution < -0.4 is 5.32 Å². The summed E-state index contributed by atoms with van der Waals surface area (Å²) in [5.41, 5.74) is 1.06. The van der Waals surface area contributed by atoms with Crippen LogP contribution in [0.1, 0.15) is 30.0 Å². The van der Waals surface area contributed by atoms with E-state index >= 15 is 0 Å². The van der Waals surface area contributed by atoms with Crippen LogP contribution in [0.5, 0.6) is 0 Å². The normalized spacial score (nSPS) is 14.0. The smallest absolute Gasteiger partial charge is 0.374 e. The highest BCUT2D eigenvalue weighted by molar-refractivity contribution is 5.88. The summed E-state index contributed by atoms with van der Waals surface area (Å²) in [6, 6.07) is 10.5. The van der Waals surface area contributed by atoms with Crippen molar-refractivity contribution in [2.24, 2.45) is 0 Å². The number of hydrogen-bond acceptors (Lipinski definition) is 4. The van der Waals surface area contributed by atoms with Crippen LogP contribution in [0.25, 0.3) is 0 Å². The SMILES string of the molecule is O=C(NCc1ccccc1)C(c1ccncc1)N(CC(F)(F)F)C(=O)CCCN1C=CC=CC1. The number of pyridine rings is 1. The lowest BCUT2D eigenvalue weighted by atomic mass is 10.0. The van der Waals surface area contributed by atoms with Crippen molar-refractivity contribution in [3.05, 3.63) is 90.4 Å². The fourth-order valence-electron chi connectivity index (χ4n) is 3.67. The third kappa shape index (κ3) is 7.75. The molecule has 0 spiro atoms. The number of hydrogen-bond donors (Lipinski definition) is 1. The van der Waals surface area contributed by atoms with Crippen LogP contribution in [-0.2, 0) is 16.1 Å². The summed E-state index contributed by atoms with van der Waals surface area (Å²) < 4.78 is 40.5. The van der Waals surface area contributed by atoms with Crippen LogP contribution >= 0.6 is 0 Å². The lowest BCUT2D eigenvalue weighted by molar-refractivity contribution is -0.169. The molecule has 0 saturated carbocycles. The average molecular weight is 473 g/mol. The summed E-state index contributed by atoms with van der Waals surface area (Å²) in [7, 11) is 0. The molecule has 6 nitrogen and oxygen atoms in total. The fraction of sp³-hybridized carbons (Fsp3) is 0.320. The van der Waals surface area contributed by atoms with Crippen molar-refractivity contribution >= 4 is 11.8 Å². The summed E-state index contributed by atoms with van der Waals surface area (Å²) in [6.07, 6.45) is 5.94. The topological polar surface area (TPSA) is 65.5 Å². The third-order valence-electron chi connectivity index (χ3n) is 5.28. The van der Waals surface area contributed by atoms with Gasteiger partial charge in [0, 0.05) is 38.4 Å². The second kappa shape index (κ2) is 12.0. The van der Waals surface area contributed by atoms with Crippen molar-refractivity contribution in [1.82, 2.24) is 20.1 Å². The number of aromatic nitrogens is 1. The van der Waals surface area contributed by atoms with Gasteiger partial charge in [0.1, 0.15) is 12.6 Å². The first-order valence-electron chi connectivity index (χ1n) is 11.0. The number of rotatable bonds is 10. The van der Waals surface area contributed by atoms with Gasteiger partial charge in [0.05, 0.1) is 0 Å². The lowest BCUT2D eigenvalue weighted by Gasteiger charge is -2.32. The zero-order chi connectivity index (χ0) is 24.4. The Morgan fingerprint density at radius 1 is 1.09 bits per heavy atom. The molecular weight excluding hydrogens is 445 g/mol. The van der Waals surface area contributed by atoms with Gasteiger partial charge in [-0.25, -0.2) is 0 Å². The Morgan fingerprint density at radius 3 is 2.47 bits per heavy atom. The summed E-state index contributed by atoms with van der Waals surface area (Å²) in [4.78, 5) is 32.7. The molecule has 2 aromatic rings. The molecule has 0 fully saturated rings. The highest BCUT2D eigenvalue weighted by Crippen LogP contribution is 2.27. The predicted molar refractivity (Wildman–Crippen MR) is 122 cm³/mol. The summed E-state index contributed by atoms with van der Waals surface area (Å²) in [6.45, 7) is -0.195. The molecule has 1 atom stereocenters. The van der Waals surface area contributed by atoms with Crippen LogP contribution in [0.4, 0.5) is 13.2 Å². The molecule has 1 N–H and O–H groups in total. The number of alkyl halides is 3. The molecule has 1 aliphatic heterocycles. The summed E-state index contributed by atoms with van der Waals surface area (Å²) in [5.74, 6) is -1.41. The maximum absolute atomic E-state index is 13.5. The van der Waals surface area contributed by atoms with Gasteiger partial charge in [0.15, 0.2) is 0 Å². The Morgan fingerprint density at radius 2 is 1.82 bits per heavy atom. The molecule has 2 amide bonds. The molecule has 1 aromatic heterocycles. The molecule has 34 heavy (non-hydrogen) atoms. The van der Waals surface area contributed by atoms with Gasteiger partial charge in [-0.3, -0.25) is 14.6 Å². The molecule has 9 heteroatoms. The van der Waals surface area contributed by atoms with Crippen molar-refractivity contribution < 1.29 is 22.8 Å². The van der Waals surface area contributed by atoms with Crippen molar-refractivity contribution in [1.29, 1.82) is 0 Å². The van der Waals surface area contributed by atoms with Gasteiger partial charge in [0.25, 0.3) is 0 Å². The zero-order valence-electron chi connectivity index (χ0n) is 18.6. The van der Waals surface area contributed by atoms with E-state index in [4.69, 9.17) is 0 Å². The number of halogens is 3. The van der Waals surface area contributed by atoms with E-state index in [9.17, 15) is 22.8 Å². The molecule has 180 valence electrons. The first-order chi connectivity index (χ1) is 16.3. The highest BCUT2D eigenvalue weighted by Gasteiger charge is 2.39. The van der Waals surface area contributed by atoms with Crippen LogP contribution in [0.15, 0.2) is 79.3 Å². The maximum atomic E-state index is 13.5. The molecule has 1 aromatic carbocycles. The van der Waals surface area contributed by atoms with Gasteiger partial charge in [0.2, 0.25) is 11.8 Å². The quantitative estimate of drug-likeness (QED) is 0.568. The van der Waals surface area contributed by atoms with E-state index in [0.29, 0.717) is 24.4 Å². The number of carbonyl (C=O) groups excluding carboxylic acids is 2. The van der Waals surface area contributed by atoms with Crippen molar-refractivity contribution in [3.63, 3.8) is 0 Å². The second-order valence-electron chi connectivity index (χ2n) is 7.89. The number of amides is 2. The first kappa shape index (κ1) is 25.0. The molecule has 0 saturated heterocycles. The van der Waals surface area contributed by atoms with Gasteiger partial charge in [-0.1, -0.05) is 42.5 Å². The van der Waals surface area contributed by atoms with E-state index in [0.717, 1.165) is 5.56 Å². The maximum Gasteiger partial charge on any atom is 0.406 e. The Balaban J connectivity index is 1.77. The lowest BCUT2D eigenvalue weighted by Crippen LogP contribution is -2.47. The summed E-state index contributed by atoms with van der Waals surface area (Å²) in [5, 5.41) is 2.68. The molecule has 0 bridgehead atoms. The average Bonchev–Trinajstić information content (AvgIpc) is 2.83. The Labute approximate surface area is 196 Å². The second-order valence-corrected chi connectivity index (χ2v) is 7.89. The van der Waals surface area contributed by atoms with E-state index in [2.05, 4.69) is 10.3 Å². The minimum absolute atomic E-state index is 0.113. The van der Waals surface area contributed by atoms with E-state index in [1.165, 1.54) is 24.5 Å². The van der Waals surface area contributed by atoms with E-state index in [-0.39, 0.29) is 18.5 Å². The highest BCUT2D eigenvalue weighted by atomic mass is 19.4. The van der Waals surface area contributed by atoms with Crippen LogP contribution in [0, 0.1) is 0 Å². The van der Waals surface area contributed by atoms with Crippen LogP contribution in [0.2, 0.25) is 0 Å². The molecule has 2 heterocycles. The molecule has 1 aliphatic rings.